The van der Waals surface area contributed by atoms with Gasteiger partial charge in [-0.25, -0.2) is 9.18 Å². The lowest BCUT2D eigenvalue weighted by Gasteiger charge is -2.34. The van der Waals surface area contributed by atoms with Crippen LogP contribution in [0.15, 0.2) is 42.5 Å². The fourth-order valence-corrected chi connectivity index (χ4v) is 3.72. The number of halogens is 2. The first-order chi connectivity index (χ1) is 13.8. The molecule has 154 valence electrons. The van der Waals surface area contributed by atoms with Gasteiger partial charge in [-0.05, 0) is 67.6 Å². The highest BCUT2D eigenvalue weighted by atomic mass is 35.5. The number of hydrogen-bond donors (Lipinski definition) is 2. The van der Waals surface area contributed by atoms with Gasteiger partial charge in [0.15, 0.2) is 0 Å². The van der Waals surface area contributed by atoms with Crippen LogP contribution >= 0.6 is 11.6 Å². The Hall–Kier alpha value is -2.60. The normalized spacial score (nSPS) is 15.7. The fraction of sp³-hybridized carbons (Fsp3) is 0.364. The molecular weight excluding hydrogens is 393 g/mol. The van der Waals surface area contributed by atoms with Crippen LogP contribution in [-0.4, -0.2) is 29.9 Å². The van der Waals surface area contributed by atoms with Crippen LogP contribution in [0.25, 0.3) is 0 Å². The van der Waals surface area contributed by atoms with Crippen LogP contribution in [0.5, 0.6) is 0 Å². The summed E-state index contributed by atoms with van der Waals surface area (Å²) in [5.74, 6) is -0.353. The molecule has 0 aliphatic carbocycles. The lowest BCUT2D eigenvalue weighted by Crippen LogP contribution is -2.43. The van der Waals surface area contributed by atoms with Gasteiger partial charge in [0, 0.05) is 35.4 Å². The highest BCUT2D eigenvalue weighted by Gasteiger charge is 2.30. The van der Waals surface area contributed by atoms with Crippen LogP contribution in [0.3, 0.4) is 0 Å². The van der Waals surface area contributed by atoms with E-state index in [4.69, 9.17) is 11.6 Å². The molecule has 2 aromatic rings. The molecule has 0 spiro atoms. The van der Waals surface area contributed by atoms with Crippen molar-refractivity contribution < 1.29 is 14.0 Å². The van der Waals surface area contributed by atoms with E-state index in [0.29, 0.717) is 23.8 Å². The van der Waals surface area contributed by atoms with E-state index in [-0.39, 0.29) is 29.6 Å². The molecule has 7 heteroatoms. The van der Waals surface area contributed by atoms with Crippen molar-refractivity contribution in [1.82, 2.24) is 4.90 Å². The molecule has 0 saturated carbocycles. The number of carbonyl (C=O) groups is 2. The van der Waals surface area contributed by atoms with Gasteiger partial charge in [-0.15, -0.1) is 0 Å². The van der Waals surface area contributed by atoms with Crippen LogP contribution in [0.4, 0.5) is 20.6 Å². The molecule has 0 unspecified atom stereocenters. The summed E-state index contributed by atoms with van der Waals surface area (Å²) in [4.78, 5) is 26.8. The lowest BCUT2D eigenvalue weighted by atomic mass is 9.85. The average Bonchev–Trinajstić information content (AvgIpc) is 2.72. The third-order valence-corrected chi connectivity index (χ3v) is 5.98. The standard InChI is InChI=1S/C22H25ClFN3O2/c1-14(21(28)26-20-5-3-4-19(23)15(20)2)16-10-12-27(13-11-16)22(29)25-18-8-6-17(24)7-9-18/h3-9,14,16H,10-13H2,1-2H3,(H,25,29)(H,26,28)/t14-/m0/s1. The van der Waals surface area contributed by atoms with Crippen molar-refractivity contribution in [2.24, 2.45) is 11.8 Å². The van der Waals surface area contributed by atoms with E-state index in [2.05, 4.69) is 10.6 Å². The van der Waals surface area contributed by atoms with Gasteiger partial charge in [-0.1, -0.05) is 24.6 Å². The minimum Gasteiger partial charge on any atom is -0.326 e. The smallest absolute Gasteiger partial charge is 0.321 e. The van der Waals surface area contributed by atoms with E-state index >= 15 is 0 Å². The molecule has 5 nitrogen and oxygen atoms in total. The predicted molar refractivity (Wildman–Crippen MR) is 114 cm³/mol. The maximum atomic E-state index is 13.0. The molecule has 1 heterocycles. The van der Waals surface area contributed by atoms with Crippen molar-refractivity contribution >= 4 is 34.9 Å². The van der Waals surface area contributed by atoms with E-state index in [1.165, 1.54) is 24.3 Å². The van der Waals surface area contributed by atoms with Crippen LogP contribution in [0.1, 0.15) is 25.3 Å². The number of benzene rings is 2. The molecule has 0 bridgehead atoms. The van der Waals surface area contributed by atoms with Crippen molar-refractivity contribution in [2.75, 3.05) is 23.7 Å². The summed E-state index contributed by atoms with van der Waals surface area (Å²) in [7, 11) is 0. The van der Waals surface area contributed by atoms with E-state index in [1.807, 2.05) is 26.0 Å². The second-order valence-electron chi connectivity index (χ2n) is 7.45. The van der Waals surface area contributed by atoms with Gasteiger partial charge >= 0.3 is 6.03 Å². The summed E-state index contributed by atoms with van der Waals surface area (Å²) in [6.07, 6.45) is 1.50. The molecule has 1 atom stereocenters. The molecule has 2 N–H and O–H groups in total. The topological polar surface area (TPSA) is 61.4 Å². The van der Waals surface area contributed by atoms with Crippen LogP contribution in [-0.2, 0) is 4.79 Å². The quantitative estimate of drug-likeness (QED) is 0.708. The summed E-state index contributed by atoms with van der Waals surface area (Å²) in [6.45, 7) is 4.95. The molecule has 1 aliphatic rings. The maximum absolute atomic E-state index is 13.0. The lowest BCUT2D eigenvalue weighted by molar-refractivity contribution is -0.121. The summed E-state index contributed by atoms with van der Waals surface area (Å²) in [5.41, 5.74) is 2.13. The van der Waals surface area contributed by atoms with Crippen molar-refractivity contribution in [3.05, 3.63) is 58.9 Å². The minimum absolute atomic E-state index is 0.0374. The Labute approximate surface area is 175 Å². The number of anilines is 2. The van der Waals surface area contributed by atoms with Gasteiger partial charge in [-0.3, -0.25) is 4.79 Å². The third kappa shape index (κ3) is 5.26. The third-order valence-electron chi connectivity index (χ3n) is 5.57. The molecule has 2 aromatic carbocycles. The molecule has 3 amide bonds. The highest BCUT2D eigenvalue weighted by molar-refractivity contribution is 6.31. The Bertz CT molecular complexity index is 880. The molecule has 0 aromatic heterocycles. The van der Waals surface area contributed by atoms with E-state index in [1.54, 1.807) is 11.0 Å². The number of likely N-dealkylation sites (tertiary alicyclic amines) is 1. The molecule has 1 saturated heterocycles. The van der Waals surface area contributed by atoms with Gasteiger partial charge < -0.3 is 15.5 Å². The number of hydrogen-bond acceptors (Lipinski definition) is 2. The highest BCUT2D eigenvalue weighted by Crippen LogP contribution is 2.28. The Kier molecular flexibility index (Phi) is 6.75. The van der Waals surface area contributed by atoms with Gasteiger partial charge in [0.2, 0.25) is 5.91 Å². The zero-order valence-corrected chi connectivity index (χ0v) is 17.3. The Morgan fingerprint density at radius 2 is 1.76 bits per heavy atom. The summed E-state index contributed by atoms with van der Waals surface area (Å²) < 4.78 is 13.0. The first-order valence-electron chi connectivity index (χ1n) is 9.72. The zero-order valence-electron chi connectivity index (χ0n) is 16.5. The Morgan fingerprint density at radius 3 is 2.41 bits per heavy atom. The number of rotatable bonds is 4. The molecule has 0 radical (unpaired) electrons. The number of nitrogens with one attached hydrogen (secondary N) is 2. The van der Waals surface area contributed by atoms with Gasteiger partial charge in [-0.2, -0.15) is 0 Å². The largest absolute Gasteiger partial charge is 0.326 e. The molecule has 1 aliphatic heterocycles. The van der Waals surface area contributed by atoms with E-state index in [9.17, 15) is 14.0 Å². The molecular formula is C22H25ClFN3O2. The first-order valence-corrected chi connectivity index (χ1v) is 10.1. The van der Waals surface area contributed by atoms with E-state index in [0.717, 1.165) is 24.1 Å². The van der Waals surface area contributed by atoms with Crippen LogP contribution < -0.4 is 10.6 Å². The molecule has 29 heavy (non-hydrogen) atoms. The SMILES string of the molecule is Cc1c(Cl)cccc1NC(=O)[C@@H](C)C1CCN(C(=O)Nc2ccc(F)cc2)CC1. The molecule has 3 rings (SSSR count). The van der Waals surface area contributed by atoms with Crippen molar-refractivity contribution in [2.45, 2.75) is 26.7 Å². The van der Waals surface area contributed by atoms with Crippen molar-refractivity contribution in [3.63, 3.8) is 0 Å². The Balaban J connectivity index is 1.51. The monoisotopic (exact) mass is 417 g/mol. The van der Waals surface area contributed by atoms with Gasteiger partial charge in [0.25, 0.3) is 0 Å². The summed E-state index contributed by atoms with van der Waals surface area (Å²) in [6, 6.07) is 10.9. The van der Waals surface area contributed by atoms with Gasteiger partial charge in [0.05, 0.1) is 0 Å². The van der Waals surface area contributed by atoms with Crippen LogP contribution in [0, 0.1) is 24.6 Å². The second kappa shape index (κ2) is 9.27. The summed E-state index contributed by atoms with van der Waals surface area (Å²) in [5, 5.41) is 6.37. The average molecular weight is 418 g/mol. The van der Waals surface area contributed by atoms with E-state index < -0.39 is 0 Å². The van der Waals surface area contributed by atoms with Crippen molar-refractivity contribution in [3.8, 4) is 0 Å². The number of urea groups is 1. The Morgan fingerprint density at radius 1 is 1.10 bits per heavy atom. The number of piperidine rings is 1. The zero-order chi connectivity index (χ0) is 21.0. The fourth-order valence-electron chi connectivity index (χ4n) is 3.54. The maximum Gasteiger partial charge on any atom is 0.321 e. The second-order valence-corrected chi connectivity index (χ2v) is 7.86. The predicted octanol–water partition coefficient (Wildman–Crippen LogP) is 5.31. The van der Waals surface area contributed by atoms with Gasteiger partial charge in [0.1, 0.15) is 5.82 Å². The number of carbonyl (C=O) groups excluding carboxylic acids is 2. The number of nitrogens with zero attached hydrogens (tertiary/aromatic N) is 1. The van der Waals surface area contributed by atoms with Crippen LogP contribution in [0.2, 0.25) is 5.02 Å². The first kappa shape index (κ1) is 21.1. The summed E-state index contributed by atoms with van der Waals surface area (Å²) >= 11 is 6.12. The minimum atomic E-state index is -0.343. The number of amides is 3. The molecule has 1 fully saturated rings. The van der Waals surface area contributed by atoms with Crippen molar-refractivity contribution in [1.29, 1.82) is 0 Å².